The molecule has 37 heavy (non-hydrogen) atoms. The van der Waals surface area contributed by atoms with E-state index in [0.29, 0.717) is 30.3 Å². The van der Waals surface area contributed by atoms with Gasteiger partial charge in [-0.1, -0.05) is 78.1 Å². The highest BCUT2D eigenvalue weighted by Crippen LogP contribution is 2.41. The monoisotopic (exact) mass is 503 g/mol. The van der Waals surface area contributed by atoms with E-state index in [1.807, 2.05) is 24.5 Å². The first kappa shape index (κ1) is 28.8. The van der Waals surface area contributed by atoms with Crippen LogP contribution in [0.15, 0.2) is 36.7 Å². The number of unbranched alkanes of at least 4 members (excludes halogenated alkanes) is 8. The van der Waals surface area contributed by atoms with Crippen LogP contribution in [0.25, 0.3) is 11.4 Å². The molecule has 0 radical (unpaired) electrons. The largest absolute Gasteiger partial charge is 0.425 e. The first-order valence-corrected chi connectivity index (χ1v) is 14.6. The third-order valence-electron chi connectivity index (χ3n) is 7.88. The second kappa shape index (κ2) is 15.5. The van der Waals surface area contributed by atoms with Gasteiger partial charge in [0.05, 0.1) is 6.07 Å². The fourth-order valence-electron chi connectivity index (χ4n) is 5.30. The summed E-state index contributed by atoms with van der Waals surface area (Å²) in [5.74, 6) is 1.34. The Morgan fingerprint density at radius 1 is 0.919 bits per heavy atom. The highest BCUT2D eigenvalue weighted by Gasteiger charge is 2.43. The van der Waals surface area contributed by atoms with Gasteiger partial charge in [0.2, 0.25) is 0 Å². The van der Waals surface area contributed by atoms with Crippen LogP contribution >= 0.6 is 0 Å². The van der Waals surface area contributed by atoms with E-state index in [9.17, 15) is 10.1 Å². The number of hydrogen-bond donors (Lipinski definition) is 0. The molecule has 200 valence electrons. The summed E-state index contributed by atoms with van der Waals surface area (Å²) in [4.78, 5) is 22.1. The van der Waals surface area contributed by atoms with Crippen molar-refractivity contribution in [1.29, 1.82) is 5.26 Å². The molecular formula is C32H45N3O2. The third-order valence-corrected chi connectivity index (χ3v) is 7.88. The fourth-order valence-corrected chi connectivity index (χ4v) is 5.30. The normalized spacial score (nSPS) is 19.3. The van der Waals surface area contributed by atoms with Crippen LogP contribution in [-0.4, -0.2) is 15.9 Å². The van der Waals surface area contributed by atoms with Gasteiger partial charge in [-0.3, -0.25) is 0 Å². The van der Waals surface area contributed by atoms with E-state index in [-0.39, 0.29) is 0 Å². The summed E-state index contributed by atoms with van der Waals surface area (Å²) in [6, 6.07) is 9.60. The first-order chi connectivity index (χ1) is 18.1. The van der Waals surface area contributed by atoms with E-state index >= 15 is 0 Å². The van der Waals surface area contributed by atoms with Crippen LogP contribution < -0.4 is 4.74 Å². The number of aryl methyl sites for hydroxylation is 1. The van der Waals surface area contributed by atoms with E-state index in [2.05, 4.69) is 29.9 Å². The Morgan fingerprint density at radius 3 is 2.11 bits per heavy atom. The average molecular weight is 504 g/mol. The number of rotatable bonds is 15. The molecule has 1 aromatic heterocycles. The first-order valence-electron chi connectivity index (χ1n) is 14.6. The van der Waals surface area contributed by atoms with Crippen LogP contribution in [0, 0.1) is 22.7 Å². The maximum atomic E-state index is 13.0. The molecule has 0 bridgehead atoms. The lowest BCUT2D eigenvalue weighted by Crippen LogP contribution is -2.37. The fraction of sp³-hybridized carbons (Fsp3) is 0.625. The molecule has 5 nitrogen and oxygen atoms in total. The second-order valence-corrected chi connectivity index (χ2v) is 10.8. The zero-order valence-electron chi connectivity index (χ0n) is 23.0. The minimum Gasteiger partial charge on any atom is -0.425 e. The topological polar surface area (TPSA) is 75.9 Å². The molecule has 0 N–H and O–H groups in total. The average Bonchev–Trinajstić information content (AvgIpc) is 2.94. The van der Waals surface area contributed by atoms with Crippen LogP contribution in [0.3, 0.4) is 0 Å². The van der Waals surface area contributed by atoms with Crippen molar-refractivity contribution in [3.63, 3.8) is 0 Å². The molecule has 0 saturated heterocycles. The highest BCUT2D eigenvalue weighted by atomic mass is 16.5. The molecule has 5 heteroatoms. The third kappa shape index (κ3) is 8.95. The summed E-state index contributed by atoms with van der Waals surface area (Å²) in [7, 11) is 0. The summed E-state index contributed by atoms with van der Waals surface area (Å²) in [6.07, 6.45) is 21.8. The van der Waals surface area contributed by atoms with Crippen LogP contribution in [0.4, 0.5) is 0 Å². The lowest BCUT2D eigenvalue weighted by molar-refractivity contribution is -0.144. The lowest BCUT2D eigenvalue weighted by atomic mass is 9.70. The maximum Gasteiger partial charge on any atom is 0.331 e. The van der Waals surface area contributed by atoms with Gasteiger partial charge >= 0.3 is 5.97 Å². The molecule has 0 unspecified atom stereocenters. The number of esters is 1. The molecule has 1 aromatic carbocycles. The molecule has 1 fully saturated rings. The van der Waals surface area contributed by atoms with Crippen molar-refractivity contribution in [3.05, 3.63) is 42.2 Å². The second-order valence-electron chi connectivity index (χ2n) is 10.8. The lowest BCUT2D eigenvalue weighted by Gasteiger charge is -2.33. The number of nitrogens with zero attached hydrogens (tertiary/aromatic N) is 3. The van der Waals surface area contributed by atoms with Crippen LogP contribution in [0.5, 0.6) is 5.75 Å². The smallest absolute Gasteiger partial charge is 0.331 e. The number of nitriles is 1. The van der Waals surface area contributed by atoms with Gasteiger partial charge < -0.3 is 4.74 Å². The van der Waals surface area contributed by atoms with Crippen LogP contribution in [-0.2, 0) is 11.2 Å². The van der Waals surface area contributed by atoms with E-state index < -0.39 is 11.4 Å². The Morgan fingerprint density at radius 2 is 1.51 bits per heavy atom. The van der Waals surface area contributed by atoms with Crippen LogP contribution in [0.2, 0.25) is 0 Å². The highest BCUT2D eigenvalue weighted by molar-refractivity contribution is 5.82. The predicted octanol–water partition coefficient (Wildman–Crippen LogP) is 8.62. The van der Waals surface area contributed by atoms with Crippen molar-refractivity contribution < 1.29 is 9.53 Å². The summed E-state index contributed by atoms with van der Waals surface area (Å²) >= 11 is 0. The van der Waals surface area contributed by atoms with Crippen molar-refractivity contribution in [2.75, 3.05) is 0 Å². The molecule has 1 aliphatic rings. The molecule has 0 aliphatic heterocycles. The summed E-state index contributed by atoms with van der Waals surface area (Å²) in [5, 5.41) is 9.89. The number of ether oxygens (including phenoxy) is 1. The Balaban J connectivity index is 1.47. The number of benzene rings is 1. The van der Waals surface area contributed by atoms with Crippen LogP contribution in [0.1, 0.15) is 116 Å². The van der Waals surface area contributed by atoms with E-state index in [1.54, 1.807) is 12.1 Å². The number of aromatic nitrogens is 2. The molecule has 1 heterocycles. The van der Waals surface area contributed by atoms with Gasteiger partial charge in [-0.25, -0.2) is 14.8 Å². The number of hydrogen-bond acceptors (Lipinski definition) is 5. The van der Waals surface area contributed by atoms with Crippen molar-refractivity contribution in [2.45, 2.75) is 117 Å². The summed E-state index contributed by atoms with van der Waals surface area (Å²) < 4.78 is 5.69. The van der Waals surface area contributed by atoms with Gasteiger partial charge in [0.1, 0.15) is 5.75 Å². The van der Waals surface area contributed by atoms with Crippen molar-refractivity contribution in [2.24, 2.45) is 11.3 Å². The van der Waals surface area contributed by atoms with Crippen molar-refractivity contribution in [3.8, 4) is 23.2 Å². The molecule has 1 saturated carbocycles. The zero-order valence-corrected chi connectivity index (χ0v) is 23.0. The molecule has 0 atom stereocenters. The zero-order chi connectivity index (χ0) is 26.3. The Labute approximate surface area is 224 Å². The summed E-state index contributed by atoms with van der Waals surface area (Å²) in [6.45, 7) is 4.47. The number of carbonyl (C=O) groups excluding carboxylic acids is 1. The molecule has 0 spiro atoms. The molecule has 1 aliphatic carbocycles. The van der Waals surface area contributed by atoms with E-state index in [4.69, 9.17) is 4.74 Å². The Kier molecular flexibility index (Phi) is 12.1. The molecule has 2 aromatic rings. The molecule has 0 amide bonds. The predicted molar refractivity (Wildman–Crippen MR) is 149 cm³/mol. The van der Waals surface area contributed by atoms with Gasteiger partial charge in [0.25, 0.3) is 0 Å². The molecule has 3 rings (SSSR count). The van der Waals surface area contributed by atoms with Gasteiger partial charge in [-0.05, 0) is 74.3 Å². The standard InChI is InChI=1S/C32H45N3O2/c1-3-5-7-9-11-13-26-19-21-32(25-33,22-20-26)31(36)37-29-17-15-28(16-18-29)30-34-23-27(24-35-30)14-12-10-8-6-4-2/h15-18,23-24,26H,3-14,19-22H2,1-2H3. The Hall–Kier alpha value is -2.74. The Bertz CT molecular complexity index is 971. The van der Waals surface area contributed by atoms with E-state index in [1.165, 1.54) is 76.2 Å². The number of carbonyl (C=O) groups is 1. The van der Waals surface area contributed by atoms with E-state index in [0.717, 1.165) is 24.8 Å². The summed E-state index contributed by atoms with van der Waals surface area (Å²) in [5.41, 5.74) is 1.02. The molecular weight excluding hydrogens is 458 g/mol. The minimum atomic E-state index is -1.02. The van der Waals surface area contributed by atoms with Crippen molar-refractivity contribution >= 4 is 5.97 Å². The minimum absolute atomic E-state index is 0.413. The van der Waals surface area contributed by atoms with Gasteiger partial charge in [-0.2, -0.15) is 5.26 Å². The van der Waals surface area contributed by atoms with Crippen molar-refractivity contribution in [1.82, 2.24) is 9.97 Å². The maximum absolute atomic E-state index is 13.0. The SMILES string of the molecule is CCCCCCCc1cnc(-c2ccc(OC(=O)C3(C#N)CCC(CCCCCCC)CC3)cc2)nc1. The van der Waals surface area contributed by atoms with Gasteiger partial charge in [0.15, 0.2) is 11.2 Å². The van der Waals surface area contributed by atoms with Gasteiger partial charge in [0, 0.05) is 18.0 Å². The van der Waals surface area contributed by atoms with Gasteiger partial charge in [-0.15, -0.1) is 0 Å². The quantitative estimate of drug-likeness (QED) is 0.138.